The van der Waals surface area contributed by atoms with Gasteiger partial charge in [-0.25, -0.2) is 0 Å². The van der Waals surface area contributed by atoms with Crippen molar-refractivity contribution in [3.05, 3.63) is 11.6 Å². The van der Waals surface area contributed by atoms with Crippen molar-refractivity contribution in [3.63, 3.8) is 0 Å². The number of nitrogens with one attached hydrogen (secondary N) is 3. The van der Waals surface area contributed by atoms with E-state index in [2.05, 4.69) is 47.8 Å². The summed E-state index contributed by atoms with van der Waals surface area (Å²) in [4.78, 5) is 4.25. The third kappa shape index (κ3) is 8.20. The first-order valence-electron chi connectivity index (χ1n) is 7.89. The molecule has 0 aromatic heterocycles. The van der Waals surface area contributed by atoms with E-state index in [4.69, 9.17) is 0 Å². The molecule has 1 aliphatic rings. The predicted molar refractivity (Wildman–Crippen MR) is 88.3 cm³/mol. The highest BCUT2D eigenvalue weighted by Gasteiger charge is 2.07. The SMILES string of the molecule is CN=C(NCCNC(C)(C)C)NCCC1=CCCCC1. The first-order valence-corrected chi connectivity index (χ1v) is 7.89. The molecule has 3 N–H and O–H groups in total. The largest absolute Gasteiger partial charge is 0.356 e. The molecule has 0 atom stereocenters. The van der Waals surface area contributed by atoms with Crippen molar-refractivity contribution in [3.8, 4) is 0 Å². The second kappa shape index (κ2) is 9.01. The van der Waals surface area contributed by atoms with Crippen LogP contribution in [-0.2, 0) is 0 Å². The summed E-state index contributed by atoms with van der Waals surface area (Å²) in [5, 5.41) is 10.2. The van der Waals surface area contributed by atoms with Gasteiger partial charge in [0.15, 0.2) is 5.96 Å². The van der Waals surface area contributed by atoms with Crippen molar-refractivity contribution in [2.45, 2.75) is 58.4 Å². The lowest BCUT2D eigenvalue weighted by Gasteiger charge is -2.21. The molecule has 0 spiro atoms. The molecule has 0 saturated heterocycles. The Morgan fingerprint density at radius 1 is 1.15 bits per heavy atom. The molecule has 4 heteroatoms. The lowest BCUT2D eigenvalue weighted by Crippen LogP contribution is -2.44. The van der Waals surface area contributed by atoms with Crippen molar-refractivity contribution < 1.29 is 0 Å². The van der Waals surface area contributed by atoms with E-state index >= 15 is 0 Å². The third-order valence-electron chi connectivity index (χ3n) is 3.42. The van der Waals surface area contributed by atoms with E-state index in [9.17, 15) is 0 Å². The summed E-state index contributed by atoms with van der Waals surface area (Å²) in [5.41, 5.74) is 1.78. The predicted octanol–water partition coefficient (Wildman–Crippen LogP) is 2.43. The van der Waals surface area contributed by atoms with Crippen LogP contribution in [0.5, 0.6) is 0 Å². The molecule has 0 amide bonds. The zero-order valence-corrected chi connectivity index (χ0v) is 13.7. The summed E-state index contributed by atoms with van der Waals surface area (Å²) in [6.45, 7) is 9.33. The third-order valence-corrected chi connectivity index (χ3v) is 3.42. The maximum Gasteiger partial charge on any atom is 0.191 e. The minimum Gasteiger partial charge on any atom is -0.356 e. The van der Waals surface area contributed by atoms with Crippen LogP contribution in [0.4, 0.5) is 0 Å². The van der Waals surface area contributed by atoms with Crippen molar-refractivity contribution >= 4 is 5.96 Å². The maximum absolute atomic E-state index is 4.25. The zero-order chi connectivity index (χ0) is 14.8. The van der Waals surface area contributed by atoms with Crippen molar-refractivity contribution in [1.29, 1.82) is 0 Å². The Labute approximate surface area is 124 Å². The van der Waals surface area contributed by atoms with Crippen LogP contribution in [0, 0.1) is 0 Å². The molecule has 0 unspecified atom stereocenters. The fourth-order valence-electron chi connectivity index (χ4n) is 2.31. The lowest BCUT2D eigenvalue weighted by atomic mass is 9.97. The number of hydrogen-bond acceptors (Lipinski definition) is 2. The van der Waals surface area contributed by atoms with Crippen LogP contribution in [0.15, 0.2) is 16.6 Å². The Morgan fingerprint density at radius 3 is 2.50 bits per heavy atom. The van der Waals surface area contributed by atoms with Gasteiger partial charge in [0.2, 0.25) is 0 Å². The smallest absolute Gasteiger partial charge is 0.191 e. The molecule has 1 rings (SSSR count). The van der Waals surface area contributed by atoms with Gasteiger partial charge in [0.1, 0.15) is 0 Å². The van der Waals surface area contributed by atoms with Crippen LogP contribution in [0.1, 0.15) is 52.9 Å². The molecule has 0 aromatic rings. The van der Waals surface area contributed by atoms with E-state index in [1.54, 1.807) is 5.57 Å². The molecule has 116 valence electrons. The van der Waals surface area contributed by atoms with Crippen LogP contribution in [0.2, 0.25) is 0 Å². The monoisotopic (exact) mass is 280 g/mol. The van der Waals surface area contributed by atoms with E-state index in [1.807, 2.05) is 7.05 Å². The van der Waals surface area contributed by atoms with E-state index in [0.717, 1.165) is 32.0 Å². The second-order valence-electron chi connectivity index (χ2n) is 6.46. The fourth-order valence-corrected chi connectivity index (χ4v) is 2.31. The van der Waals surface area contributed by atoms with Crippen LogP contribution < -0.4 is 16.0 Å². The molecule has 1 aliphatic carbocycles. The summed E-state index contributed by atoms with van der Waals surface area (Å²) < 4.78 is 0. The minimum absolute atomic E-state index is 0.173. The average molecular weight is 280 g/mol. The maximum atomic E-state index is 4.25. The Balaban J connectivity index is 2.12. The van der Waals surface area contributed by atoms with Gasteiger partial charge in [0, 0.05) is 32.2 Å². The van der Waals surface area contributed by atoms with E-state index in [1.165, 1.54) is 25.7 Å². The molecule has 0 heterocycles. The number of allylic oxidation sites excluding steroid dienone is 1. The molecule has 4 nitrogen and oxygen atoms in total. The molecule has 0 saturated carbocycles. The Bertz CT molecular complexity index is 326. The minimum atomic E-state index is 0.173. The quantitative estimate of drug-likeness (QED) is 0.303. The van der Waals surface area contributed by atoms with E-state index in [-0.39, 0.29) is 5.54 Å². The normalized spacial score (nSPS) is 16.8. The highest BCUT2D eigenvalue weighted by molar-refractivity contribution is 5.79. The lowest BCUT2D eigenvalue weighted by molar-refractivity contribution is 0.428. The van der Waals surface area contributed by atoms with Gasteiger partial charge >= 0.3 is 0 Å². The highest BCUT2D eigenvalue weighted by Crippen LogP contribution is 2.19. The second-order valence-corrected chi connectivity index (χ2v) is 6.46. The van der Waals surface area contributed by atoms with Crippen molar-refractivity contribution in [1.82, 2.24) is 16.0 Å². The standard InChI is InChI=1S/C16H32N4/c1-16(2,3)20-13-12-19-15(17-4)18-11-10-14-8-6-5-7-9-14/h8,20H,5-7,9-13H2,1-4H3,(H2,17,18,19). The van der Waals surface area contributed by atoms with Gasteiger partial charge in [-0.05, 0) is 52.9 Å². The number of hydrogen-bond donors (Lipinski definition) is 3. The van der Waals surface area contributed by atoms with Gasteiger partial charge in [0.05, 0.1) is 0 Å². The van der Waals surface area contributed by atoms with Crippen molar-refractivity contribution in [2.75, 3.05) is 26.7 Å². The number of guanidine groups is 1. The summed E-state index contributed by atoms with van der Waals surface area (Å²) >= 11 is 0. The van der Waals surface area contributed by atoms with Gasteiger partial charge < -0.3 is 16.0 Å². The van der Waals surface area contributed by atoms with Crippen LogP contribution in [0.3, 0.4) is 0 Å². The Kier molecular flexibility index (Phi) is 7.67. The molecule has 0 fully saturated rings. The van der Waals surface area contributed by atoms with Gasteiger partial charge in [-0.15, -0.1) is 0 Å². The van der Waals surface area contributed by atoms with Gasteiger partial charge in [-0.3, -0.25) is 4.99 Å². The first kappa shape index (κ1) is 17.0. The van der Waals surface area contributed by atoms with Gasteiger partial charge in [0.25, 0.3) is 0 Å². The summed E-state index contributed by atoms with van der Waals surface area (Å²) in [5.74, 6) is 0.900. The number of nitrogens with zero attached hydrogens (tertiary/aromatic N) is 1. The summed E-state index contributed by atoms with van der Waals surface area (Å²) in [7, 11) is 1.83. The molecule has 0 bridgehead atoms. The molecule has 0 aliphatic heterocycles. The van der Waals surface area contributed by atoms with Gasteiger partial charge in [-0.1, -0.05) is 11.6 Å². The molecular weight excluding hydrogens is 248 g/mol. The molecule has 0 radical (unpaired) electrons. The molecular formula is C16H32N4. The molecule has 20 heavy (non-hydrogen) atoms. The van der Waals surface area contributed by atoms with Crippen molar-refractivity contribution in [2.24, 2.45) is 4.99 Å². The van der Waals surface area contributed by atoms with Crippen LogP contribution in [-0.4, -0.2) is 38.2 Å². The number of aliphatic imine (C=N–C) groups is 1. The molecule has 0 aromatic carbocycles. The Hall–Kier alpha value is -1.03. The summed E-state index contributed by atoms with van der Waals surface area (Å²) in [6.07, 6.45) is 8.82. The first-order chi connectivity index (χ1) is 9.51. The number of rotatable bonds is 6. The fraction of sp³-hybridized carbons (Fsp3) is 0.812. The van der Waals surface area contributed by atoms with E-state index in [0.29, 0.717) is 0 Å². The average Bonchev–Trinajstić information content (AvgIpc) is 2.41. The van der Waals surface area contributed by atoms with Gasteiger partial charge in [-0.2, -0.15) is 0 Å². The van der Waals surface area contributed by atoms with Crippen LogP contribution in [0.25, 0.3) is 0 Å². The zero-order valence-electron chi connectivity index (χ0n) is 13.7. The van der Waals surface area contributed by atoms with Crippen LogP contribution >= 0.6 is 0 Å². The highest BCUT2D eigenvalue weighted by atomic mass is 15.2. The van der Waals surface area contributed by atoms with E-state index < -0.39 is 0 Å². The summed E-state index contributed by atoms with van der Waals surface area (Å²) in [6, 6.07) is 0. The topological polar surface area (TPSA) is 48.5 Å². The Morgan fingerprint density at radius 2 is 1.90 bits per heavy atom.